The fraction of sp³-hybridized carbons (Fsp3) is 0.167. The van der Waals surface area contributed by atoms with Crippen LogP contribution in [0, 0.1) is 0 Å². The molecule has 0 radical (unpaired) electrons. The van der Waals surface area contributed by atoms with Crippen molar-refractivity contribution < 1.29 is 27.2 Å². The lowest BCUT2D eigenvalue weighted by Gasteiger charge is -2.07. The summed E-state index contributed by atoms with van der Waals surface area (Å²) in [6.07, 6.45) is 0. The van der Waals surface area contributed by atoms with Crippen LogP contribution in [0.15, 0.2) is 51.9 Å². The number of methoxy groups -OCH3 is 1. The highest BCUT2D eigenvalue weighted by molar-refractivity contribution is 7.89. The van der Waals surface area contributed by atoms with Crippen LogP contribution in [-0.2, 0) is 26.2 Å². The van der Waals surface area contributed by atoms with Crippen molar-refractivity contribution in [2.24, 2.45) is 0 Å². The number of carbonyl (C=O) groups is 1. The van der Waals surface area contributed by atoms with Crippen LogP contribution < -0.4 is 9.46 Å². The maximum Gasteiger partial charge on any atom is 0.321 e. The predicted octanol–water partition coefficient (Wildman–Crippen LogP) is 3.07. The molecule has 0 fully saturated rings. The highest BCUT2D eigenvalue weighted by Gasteiger charge is 2.18. The van der Waals surface area contributed by atoms with E-state index in [1.807, 2.05) is 0 Å². The Bertz CT molecular complexity index is 1150. The van der Waals surface area contributed by atoms with Crippen molar-refractivity contribution in [3.63, 3.8) is 0 Å². The van der Waals surface area contributed by atoms with Crippen molar-refractivity contribution in [2.75, 3.05) is 13.7 Å². The molecule has 1 aromatic heterocycles. The summed E-state index contributed by atoms with van der Waals surface area (Å²) >= 11 is 11.6. The number of benzene rings is 2. The average Bonchev–Trinajstić information content (AvgIpc) is 3.22. The number of hydrogen-bond donors (Lipinski definition) is 1. The van der Waals surface area contributed by atoms with Crippen molar-refractivity contribution >= 4 is 39.2 Å². The Morgan fingerprint density at radius 2 is 1.87 bits per heavy atom. The van der Waals surface area contributed by atoms with Gasteiger partial charge in [0.1, 0.15) is 12.3 Å². The van der Waals surface area contributed by atoms with Crippen LogP contribution >= 0.6 is 23.2 Å². The van der Waals surface area contributed by atoms with Crippen LogP contribution in [0.4, 0.5) is 0 Å². The number of aromatic nitrogens is 2. The third-order valence-electron chi connectivity index (χ3n) is 3.78. The van der Waals surface area contributed by atoms with E-state index in [1.54, 1.807) is 31.4 Å². The summed E-state index contributed by atoms with van der Waals surface area (Å²) in [7, 11) is -2.41. The quantitative estimate of drug-likeness (QED) is 0.497. The van der Waals surface area contributed by atoms with Gasteiger partial charge in [-0.15, -0.1) is 0 Å². The molecule has 1 N–H and O–H groups in total. The number of halogens is 2. The molecule has 1 heterocycles. The first-order chi connectivity index (χ1) is 14.3. The zero-order valence-electron chi connectivity index (χ0n) is 15.5. The molecule has 0 aliphatic carbocycles. The van der Waals surface area contributed by atoms with Gasteiger partial charge in [0.15, 0.2) is 6.61 Å². The molecule has 12 heteroatoms. The number of nitrogens with one attached hydrogen (secondary N) is 1. The van der Waals surface area contributed by atoms with Crippen molar-refractivity contribution in [2.45, 2.75) is 11.5 Å². The first-order valence-electron chi connectivity index (χ1n) is 8.36. The van der Waals surface area contributed by atoms with Gasteiger partial charge in [0.2, 0.25) is 15.8 Å². The van der Waals surface area contributed by atoms with Gasteiger partial charge < -0.3 is 14.0 Å². The maximum absolute atomic E-state index is 12.2. The summed E-state index contributed by atoms with van der Waals surface area (Å²) in [5, 5.41) is 4.01. The lowest BCUT2D eigenvalue weighted by molar-refractivity contribution is -0.143. The molecule has 0 atom stereocenters. The Labute approximate surface area is 181 Å². The van der Waals surface area contributed by atoms with E-state index in [4.69, 9.17) is 37.2 Å². The minimum absolute atomic E-state index is 0.0758. The number of ether oxygens (including phenoxy) is 2. The lowest BCUT2D eigenvalue weighted by Crippen LogP contribution is -2.30. The van der Waals surface area contributed by atoms with Gasteiger partial charge in [-0.05, 0) is 42.5 Å². The normalized spacial score (nSPS) is 11.3. The number of sulfonamides is 1. The van der Waals surface area contributed by atoms with Crippen LogP contribution in [-0.4, -0.2) is 38.2 Å². The fourth-order valence-corrected chi connectivity index (χ4v) is 3.60. The minimum atomic E-state index is -3.97. The smallest absolute Gasteiger partial charge is 0.321 e. The molecule has 30 heavy (non-hydrogen) atoms. The third-order valence-corrected chi connectivity index (χ3v) is 5.91. The molecule has 0 spiro atoms. The van der Waals surface area contributed by atoms with Gasteiger partial charge in [0, 0.05) is 5.56 Å². The molecule has 0 bridgehead atoms. The molecule has 0 saturated heterocycles. The summed E-state index contributed by atoms with van der Waals surface area (Å²) < 4.78 is 41.7. The van der Waals surface area contributed by atoms with Crippen LogP contribution in [0.5, 0.6) is 5.75 Å². The zero-order chi connectivity index (χ0) is 21.7. The number of rotatable bonds is 8. The van der Waals surface area contributed by atoms with Crippen molar-refractivity contribution in [3.05, 3.63) is 58.3 Å². The number of esters is 1. The first-order valence-corrected chi connectivity index (χ1v) is 10.6. The molecule has 0 saturated carbocycles. The summed E-state index contributed by atoms with van der Waals surface area (Å²) in [6.45, 7) is -0.876. The first kappa shape index (κ1) is 22.0. The highest BCUT2D eigenvalue weighted by Crippen LogP contribution is 2.24. The van der Waals surface area contributed by atoms with Gasteiger partial charge in [-0.2, -0.15) is 9.71 Å². The van der Waals surface area contributed by atoms with Gasteiger partial charge >= 0.3 is 5.97 Å². The minimum Gasteiger partial charge on any atom is -0.497 e. The standard InChI is InChI=1S/C18H15Cl2N3O6S/c1-27-12-4-2-11(3-5-12)18-22-16(23-29-18)10-28-17(24)9-21-30(25,26)13-6-7-14(19)15(20)8-13/h2-8,21H,9-10H2,1H3. The molecular weight excluding hydrogens is 457 g/mol. The lowest BCUT2D eigenvalue weighted by atomic mass is 10.2. The monoisotopic (exact) mass is 471 g/mol. The van der Waals surface area contributed by atoms with Crippen molar-refractivity contribution in [3.8, 4) is 17.2 Å². The second-order valence-electron chi connectivity index (χ2n) is 5.81. The van der Waals surface area contributed by atoms with E-state index in [-0.39, 0.29) is 33.3 Å². The van der Waals surface area contributed by atoms with Crippen LogP contribution in [0.3, 0.4) is 0 Å². The van der Waals surface area contributed by atoms with E-state index >= 15 is 0 Å². The van der Waals surface area contributed by atoms with Crippen LogP contribution in [0.2, 0.25) is 10.0 Å². The van der Waals surface area contributed by atoms with Crippen molar-refractivity contribution in [1.82, 2.24) is 14.9 Å². The van der Waals surface area contributed by atoms with Crippen LogP contribution in [0.1, 0.15) is 5.82 Å². The molecule has 0 amide bonds. The Morgan fingerprint density at radius 1 is 1.13 bits per heavy atom. The van der Waals surface area contributed by atoms with Gasteiger partial charge in [-0.3, -0.25) is 4.79 Å². The van der Waals surface area contributed by atoms with E-state index in [1.165, 1.54) is 18.2 Å². The zero-order valence-corrected chi connectivity index (χ0v) is 17.8. The van der Waals surface area contributed by atoms with Crippen molar-refractivity contribution in [1.29, 1.82) is 0 Å². The average molecular weight is 472 g/mol. The molecule has 158 valence electrons. The number of carbonyl (C=O) groups excluding carboxylic acids is 1. The highest BCUT2D eigenvalue weighted by atomic mass is 35.5. The predicted molar refractivity (Wildman–Crippen MR) is 108 cm³/mol. The molecule has 3 rings (SSSR count). The van der Waals surface area contributed by atoms with E-state index < -0.39 is 22.5 Å². The SMILES string of the molecule is COc1ccc(-c2nc(COC(=O)CNS(=O)(=O)c3ccc(Cl)c(Cl)c3)no2)cc1. The third kappa shape index (κ3) is 5.48. The van der Waals surface area contributed by atoms with Crippen LogP contribution in [0.25, 0.3) is 11.5 Å². The largest absolute Gasteiger partial charge is 0.497 e. The summed E-state index contributed by atoms with van der Waals surface area (Å²) in [6, 6.07) is 10.7. The second-order valence-corrected chi connectivity index (χ2v) is 8.39. The van der Waals surface area contributed by atoms with E-state index in [0.29, 0.717) is 11.3 Å². The second kappa shape index (κ2) is 9.43. The van der Waals surface area contributed by atoms with E-state index in [0.717, 1.165) is 0 Å². The summed E-state index contributed by atoms with van der Waals surface area (Å²) in [5.74, 6) is 0.218. The molecule has 0 aliphatic heterocycles. The molecular formula is C18H15Cl2N3O6S. The molecule has 3 aromatic rings. The molecule has 9 nitrogen and oxygen atoms in total. The Hall–Kier alpha value is -2.66. The molecule has 2 aromatic carbocycles. The van der Waals surface area contributed by atoms with Gasteiger partial charge in [0.25, 0.3) is 5.89 Å². The van der Waals surface area contributed by atoms with Gasteiger partial charge in [-0.25, -0.2) is 8.42 Å². The Kier molecular flexibility index (Phi) is 6.93. The fourth-order valence-electron chi connectivity index (χ4n) is 2.24. The Balaban J connectivity index is 1.53. The molecule has 0 unspecified atom stereocenters. The summed E-state index contributed by atoms with van der Waals surface area (Å²) in [5.41, 5.74) is 0.662. The van der Waals surface area contributed by atoms with Gasteiger partial charge in [0.05, 0.1) is 22.1 Å². The number of nitrogens with zero attached hydrogens (tertiary/aromatic N) is 2. The van der Waals surface area contributed by atoms with Gasteiger partial charge in [-0.1, -0.05) is 28.4 Å². The topological polar surface area (TPSA) is 121 Å². The van der Waals surface area contributed by atoms with E-state index in [2.05, 4.69) is 14.9 Å². The Morgan fingerprint density at radius 3 is 2.53 bits per heavy atom. The maximum atomic E-state index is 12.2. The number of hydrogen-bond acceptors (Lipinski definition) is 8. The van der Waals surface area contributed by atoms with E-state index in [9.17, 15) is 13.2 Å². The molecule has 0 aliphatic rings. The summed E-state index contributed by atoms with van der Waals surface area (Å²) in [4.78, 5) is 15.9.